The van der Waals surface area contributed by atoms with Crippen LogP contribution in [0.2, 0.25) is 37.8 Å². The normalized spacial score (nSPS) is 15.6. The molecule has 1 atom stereocenters. The molecule has 0 rings (SSSR count). The fourth-order valence-electron chi connectivity index (χ4n) is 1.16. The molecule has 102 valence electrons. The van der Waals surface area contributed by atoms with E-state index in [-0.39, 0.29) is 11.1 Å². The van der Waals surface area contributed by atoms with Crippen LogP contribution in [-0.2, 0) is 8.85 Å². The lowest BCUT2D eigenvalue weighted by Crippen LogP contribution is -2.44. The molecule has 0 aliphatic heterocycles. The molecule has 0 N–H and O–H groups in total. The lowest BCUT2D eigenvalue weighted by Gasteiger charge is -2.39. The van der Waals surface area contributed by atoms with Crippen molar-refractivity contribution in [3.63, 3.8) is 0 Å². The summed E-state index contributed by atoms with van der Waals surface area (Å²) in [7, 11) is -3.30. The molecule has 0 fully saturated rings. The Morgan fingerprint density at radius 1 is 1.06 bits per heavy atom. The van der Waals surface area contributed by atoms with E-state index in [0.717, 1.165) is 5.76 Å². The maximum Gasteiger partial charge on any atom is 0.241 e. The third kappa shape index (κ3) is 5.88. The second-order valence-corrected chi connectivity index (χ2v) is 16.4. The largest absolute Gasteiger partial charge is 0.546 e. The molecule has 0 amide bonds. The Kier molecular flexibility index (Phi) is 5.26. The fraction of sp³-hybridized carbons (Fsp3) is 0.846. The quantitative estimate of drug-likeness (QED) is 0.531. The van der Waals surface area contributed by atoms with Crippen LogP contribution in [0, 0.1) is 0 Å². The second kappa shape index (κ2) is 5.28. The van der Waals surface area contributed by atoms with Crippen molar-refractivity contribution < 1.29 is 8.85 Å². The maximum atomic E-state index is 6.25. The highest BCUT2D eigenvalue weighted by molar-refractivity contribution is 6.74. The number of rotatable bonds is 5. The summed E-state index contributed by atoms with van der Waals surface area (Å²) in [4.78, 5) is 0. The van der Waals surface area contributed by atoms with E-state index in [1.165, 1.54) is 0 Å². The molecule has 2 nitrogen and oxygen atoms in total. The summed E-state index contributed by atoms with van der Waals surface area (Å²) in [6.07, 6.45) is -0.0115. The first kappa shape index (κ1) is 16.9. The van der Waals surface area contributed by atoms with E-state index in [1.807, 2.05) is 6.92 Å². The molecule has 4 heteroatoms. The van der Waals surface area contributed by atoms with Gasteiger partial charge < -0.3 is 8.85 Å². The van der Waals surface area contributed by atoms with Gasteiger partial charge in [-0.15, -0.1) is 0 Å². The van der Waals surface area contributed by atoms with Crippen LogP contribution in [0.5, 0.6) is 0 Å². The predicted octanol–water partition coefficient (Wildman–Crippen LogP) is 4.76. The molecule has 0 bridgehead atoms. The van der Waals surface area contributed by atoms with Gasteiger partial charge >= 0.3 is 0 Å². The van der Waals surface area contributed by atoms with Crippen LogP contribution in [0.25, 0.3) is 0 Å². The van der Waals surface area contributed by atoms with Crippen molar-refractivity contribution in [3.05, 3.63) is 12.3 Å². The SMILES string of the molecule is C=C(O[Si](C)(C)C)[C@H](C)O[Si](C)(C)C(C)(C)C. The number of hydrogen-bond donors (Lipinski definition) is 0. The van der Waals surface area contributed by atoms with Crippen LogP contribution >= 0.6 is 0 Å². The van der Waals surface area contributed by atoms with E-state index >= 15 is 0 Å². The Balaban J connectivity index is 4.56. The average Bonchev–Trinajstić information content (AvgIpc) is 1.97. The van der Waals surface area contributed by atoms with Crippen molar-refractivity contribution >= 4 is 16.6 Å². The minimum Gasteiger partial charge on any atom is -0.546 e. The molecule has 0 spiro atoms. The highest BCUT2D eigenvalue weighted by atomic mass is 28.4. The van der Waals surface area contributed by atoms with Crippen LogP contribution in [-0.4, -0.2) is 22.7 Å². The van der Waals surface area contributed by atoms with Gasteiger partial charge in [-0.25, -0.2) is 0 Å². The highest BCUT2D eigenvalue weighted by Gasteiger charge is 2.39. The summed E-state index contributed by atoms with van der Waals surface area (Å²) >= 11 is 0. The molecule has 0 saturated carbocycles. The smallest absolute Gasteiger partial charge is 0.241 e. The highest BCUT2D eigenvalue weighted by Crippen LogP contribution is 2.38. The average molecular weight is 275 g/mol. The van der Waals surface area contributed by atoms with Crippen molar-refractivity contribution in [1.29, 1.82) is 0 Å². The summed E-state index contributed by atoms with van der Waals surface area (Å²) < 4.78 is 12.1. The van der Waals surface area contributed by atoms with Gasteiger partial charge in [0.15, 0.2) is 8.32 Å². The standard InChI is InChI=1S/C13H30O2Si2/c1-11(14-16(6,7)8)12(2)15-17(9,10)13(3,4)5/h12H,1H2,2-10H3/t12-/m0/s1. The summed E-state index contributed by atoms with van der Waals surface area (Å²) in [5, 5.41) is 0.223. The Hall–Kier alpha value is -0.0662. The topological polar surface area (TPSA) is 18.5 Å². The van der Waals surface area contributed by atoms with Gasteiger partial charge in [0.25, 0.3) is 0 Å². The van der Waals surface area contributed by atoms with Crippen LogP contribution in [0.15, 0.2) is 12.3 Å². The van der Waals surface area contributed by atoms with Gasteiger partial charge in [-0.1, -0.05) is 27.4 Å². The van der Waals surface area contributed by atoms with Crippen molar-refractivity contribution in [1.82, 2.24) is 0 Å². The van der Waals surface area contributed by atoms with E-state index in [2.05, 4.69) is 60.1 Å². The Morgan fingerprint density at radius 3 is 1.76 bits per heavy atom. The molecule has 0 aliphatic rings. The zero-order valence-corrected chi connectivity index (χ0v) is 15.1. The third-order valence-corrected chi connectivity index (χ3v) is 8.60. The monoisotopic (exact) mass is 274 g/mol. The summed E-state index contributed by atoms with van der Waals surface area (Å²) in [5.74, 6) is 0.786. The van der Waals surface area contributed by atoms with E-state index in [0.29, 0.717) is 0 Å². The lowest BCUT2D eigenvalue weighted by molar-refractivity contribution is 0.181. The first-order chi connectivity index (χ1) is 7.26. The minimum absolute atomic E-state index is 0.0115. The Bertz CT molecular complexity index is 272. The van der Waals surface area contributed by atoms with Gasteiger partial charge in [0.1, 0.15) is 0 Å². The second-order valence-electron chi connectivity index (χ2n) is 7.20. The first-order valence-electron chi connectivity index (χ1n) is 6.32. The third-order valence-electron chi connectivity index (χ3n) is 3.17. The fourth-order valence-corrected chi connectivity index (χ4v) is 3.48. The zero-order valence-electron chi connectivity index (χ0n) is 13.1. The molecule has 0 aromatic carbocycles. The van der Waals surface area contributed by atoms with Crippen molar-refractivity contribution in [2.45, 2.75) is 71.6 Å². The van der Waals surface area contributed by atoms with Crippen LogP contribution in [0.4, 0.5) is 0 Å². The zero-order chi connectivity index (χ0) is 14.1. The van der Waals surface area contributed by atoms with Gasteiger partial charge in [0.2, 0.25) is 8.32 Å². The molecule has 0 aliphatic carbocycles. The van der Waals surface area contributed by atoms with Gasteiger partial charge in [0.05, 0.1) is 11.9 Å². The van der Waals surface area contributed by atoms with Gasteiger partial charge in [-0.2, -0.15) is 0 Å². The maximum absolute atomic E-state index is 6.25. The molecule has 0 radical (unpaired) electrons. The minimum atomic E-state index is -1.73. The molecular formula is C13H30O2Si2. The summed E-state index contributed by atoms with van der Waals surface area (Å²) in [5.41, 5.74) is 0. The van der Waals surface area contributed by atoms with Gasteiger partial charge in [-0.05, 0) is 44.7 Å². The molecular weight excluding hydrogens is 244 g/mol. The van der Waals surface area contributed by atoms with Crippen LogP contribution in [0.3, 0.4) is 0 Å². The molecule has 0 aromatic heterocycles. The molecule has 0 aromatic rings. The van der Waals surface area contributed by atoms with Crippen molar-refractivity contribution in [2.75, 3.05) is 0 Å². The van der Waals surface area contributed by atoms with Crippen molar-refractivity contribution in [2.24, 2.45) is 0 Å². The lowest BCUT2D eigenvalue weighted by atomic mass is 10.2. The van der Waals surface area contributed by atoms with Gasteiger partial charge in [0, 0.05) is 0 Å². The van der Waals surface area contributed by atoms with Crippen LogP contribution < -0.4 is 0 Å². The molecule has 0 unspecified atom stereocenters. The number of hydrogen-bond acceptors (Lipinski definition) is 2. The predicted molar refractivity (Wildman–Crippen MR) is 81.3 cm³/mol. The van der Waals surface area contributed by atoms with E-state index in [9.17, 15) is 0 Å². The summed E-state index contributed by atoms with van der Waals surface area (Å²) in [6.45, 7) is 23.8. The van der Waals surface area contributed by atoms with Crippen LogP contribution in [0.1, 0.15) is 27.7 Å². The molecule has 17 heavy (non-hydrogen) atoms. The van der Waals surface area contributed by atoms with E-state index in [1.54, 1.807) is 0 Å². The summed E-state index contributed by atoms with van der Waals surface area (Å²) in [6, 6.07) is 0. The van der Waals surface area contributed by atoms with E-state index < -0.39 is 16.6 Å². The Labute approximate surface area is 110 Å². The van der Waals surface area contributed by atoms with E-state index in [4.69, 9.17) is 8.85 Å². The first-order valence-corrected chi connectivity index (χ1v) is 12.6. The molecule has 0 heterocycles. The Morgan fingerprint density at radius 2 is 1.47 bits per heavy atom. The van der Waals surface area contributed by atoms with Crippen molar-refractivity contribution in [3.8, 4) is 0 Å². The molecule has 0 saturated heterocycles. The van der Waals surface area contributed by atoms with Gasteiger partial charge in [-0.3, -0.25) is 0 Å².